The van der Waals surface area contributed by atoms with E-state index in [4.69, 9.17) is 18.6 Å². The molecule has 162 valence electrons. The molecule has 3 amide bonds. The Hall–Kier alpha value is -3.85. The zero-order chi connectivity index (χ0) is 22.2. The average molecular weight is 426 g/mol. The van der Waals surface area contributed by atoms with Gasteiger partial charge < -0.3 is 23.9 Å². The van der Waals surface area contributed by atoms with Gasteiger partial charge in [0.05, 0.1) is 13.7 Å². The number of rotatable bonds is 8. The molecule has 0 aliphatic rings. The summed E-state index contributed by atoms with van der Waals surface area (Å²) in [5.41, 5.74) is 1.51. The molecule has 0 aliphatic carbocycles. The minimum absolute atomic E-state index is 0.0369. The van der Waals surface area contributed by atoms with Gasteiger partial charge in [-0.15, -0.1) is 0 Å². The second kappa shape index (κ2) is 10.3. The molecular weight excluding hydrogens is 404 g/mol. The summed E-state index contributed by atoms with van der Waals surface area (Å²) < 4.78 is 21.1. The lowest BCUT2D eigenvalue weighted by Gasteiger charge is -2.08. The molecule has 9 nitrogen and oxygen atoms in total. The Bertz CT molecular complexity index is 1070. The third kappa shape index (κ3) is 5.61. The van der Waals surface area contributed by atoms with Gasteiger partial charge in [-0.05, 0) is 37.3 Å². The second-order valence-electron chi connectivity index (χ2n) is 6.35. The quantitative estimate of drug-likeness (QED) is 0.530. The maximum atomic E-state index is 12.5. The van der Waals surface area contributed by atoms with Crippen molar-refractivity contribution in [3.63, 3.8) is 0 Å². The number of methoxy groups -OCH3 is 1. The summed E-state index contributed by atoms with van der Waals surface area (Å²) in [4.78, 5) is 36.4. The molecule has 1 heterocycles. The molecule has 0 bridgehead atoms. The largest absolute Gasteiger partial charge is 0.497 e. The van der Waals surface area contributed by atoms with Crippen LogP contribution in [0.3, 0.4) is 0 Å². The number of amides is 3. The molecule has 0 saturated carbocycles. The van der Waals surface area contributed by atoms with Crippen molar-refractivity contribution in [2.45, 2.75) is 13.5 Å². The Morgan fingerprint density at radius 1 is 1.03 bits per heavy atom. The van der Waals surface area contributed by atoms with Crippen LogP contribution in [0.2, 0.25) is 0 Å². The van der Waals surface area contributed by atoms with Crippen LogP contribution in [0.5, 0.6) is 5.75 Å². The zero-order valence-corrected chi connectivity index (χ0v) is 17.1. The smallest absolute Gasteiger partial charge is 0.375 e. The van der Waals surface area contributed by atoms with Gasteiger partial charge in [0.15, 0.2) is 6.61 Å². The van der Waals surface area contributed by atoms with Crippen LogP contribution >= 0.6 is 0 Å². The van der Waals surface area contributed by atoms with Crippen LogP contribution in [0.1, 0.15) is 23.0 Å². The monoisotopic (exact) mass is 426 g/mol. The Balaban J connectivity index is 1.57. The molecule has 0 atom stereocenters. The molecule has 0 radical (unpaired) electrons. The number of para-hydroxylation sites is 1. The van der Waals surface area contributed by atoms with E-state index < -0.39 is 24.5 Å². The molecule has 0 spiro atoms. The van der Waals surface area contributed by atoms with Crippen molar-refractivity contribution < 1.29 is 33.0 Å². The average Bonchev–Trinajstić information content (AvgIpc) is 3.15. The van der Waals surface area contributed by atoms with E-state index >= 15 is 0 Å². The molecule has 2 N–H and O–H groups in total. The van der Waals surface area contributed by atoms with E-state index in [1.54, 1.807) is 42.5 Å². The summed E-state index contributed by atoms with van der Waals surface area (Å²) in [5, 5.41) is 5.31. The molecule has 3 rings (SSSR count). The van der Waals surface area contributed by atoms with Crippen LogP contribution in [0.4, 0.5) is 10.5 Å². The van der Waals surface area contributed by atoms with Crippen LogP contribution < -0.4 is 15.4 Å². The van der Waals surface area contributed by atoms with Crippen molar-refractivity contribution in [1.82, 2.24) is 5.32 Å². The Morgan fingerprint density at radius 3 is 2.48 bits per heavy atom. The van der Waals surface area contributed by atoms with E-state index in [2.05, 4.69) is 10.6 Å². The topological polar surface area (TPSA) is 116 Å². The normalized spacial score (nSPS) is 10.5. The van der Waals surface area contributed by atoms with Crippen LogP contribution in [0.15, 0.2) is 52.9 Å². The number of hydrogen-bond acceptors (Lipinski definition) is 7. The van der Waals surface area contributed by atoms with Crippen LogP contribution in [-0.4, -0.2) is 38.2 Å². The summed E-state index contributed by atoms with van der Waals surface area (Å²) in [6.07, 6.45) is 0. The van der Waals surface area contributed by atoms with Gasteiger partial charge in [0, 0.05) is 23.2 Å². The van der Waals surface area contributed by atoms with Gasteiger partial charge >= 0.3 is 12.0 Å². The van der Waals surface area contributed by atoms with Gasteiger partial charge in [-0.3, -0.25) is 10.1 Å². The summed E-state index contributed by atoms with van der Waals surface area (Å²) in [5.74, 6) is -1.02. The van der Waals surface area contributed by atoms with Crippen molar-refractivity contribution in [2.24, 2.45) is 0 Å². The number of carbonyl (C=O) groups is 3. The Labute approximate surface area is 178 Å². The third-order valence-corrected chi connectivity index (χ3v) is 4.27. The standard InChI is InChI=1S/C22H22N2O7/c1-3-29-12-17-16-6-4-5-7-18(16)31-20(17)21(26)30-13-19(25)24-22(27)23-14-8-10-15(28-2)11-9-14/h4-11H,3,12-13H2,1-2H3,(H2,23,24,25,27). The minimum atomic E-state index is -0.823. The van der Waals surface area contributed by atoms with E-state index in [9.17, 15) is 14.4 Å². The number of anilines is 1. The lowest BCUT2D eigenvalue weighted by atomic mass is 10.1. The highest BCUT2D eigenvalue weighted by atomic mass is 16.5. The van der Waals surface area contributed by atoms with Gasteiger partial charge in [0.2, 0.25) is 5.76 Å². The third-order valence-electron chi connectivity index (χ3n) is 4.27. The number of urea groups is 1. The number of fused-ring (bicyclic) bond motifs is 1. The number of furan rings is 1. The fraction of sp³-hybridized carbons (Fsp3) is 0.227. The van der Waals surface area contributed by atoms with Gasteiger partial charge in [-0.25, -0.2) is 9.59 Å². The predicted octanol–water partition coefficient (Wildman–Crippen LogP) is 3.48. The van der Waals surface area contributed by atoms with E-state index in [1.165, 1.54) is 7.11 Å². The van der Waals surface area contributed by atoms with Gasteiger partial charge in [-0.2, -0.15) is 0 Å². The van der Waals surface area contributed by atoms with E-state index in [-0.39, 0.29) is 12.4 Å². The highest BCUT2D eigenvalue weighted by Crippen LogP contribution is 2.27. The van der Waals surface area contributed by atoms with E-state index in [1.807, 2.05) is 13.0 Å². The molecule has 0 unspecified atom stereocenters. The Morgan fingerprint density at radius 2 is 1.77 bits per heavy atom. The lowest BCUT2D eigenvalue weighted by Crippen LogP contribution is -2.37. The number of hydrogen-bond donors (Lipinski definition) is 2. The van der Waals surface area contributed by atoms with Crippen LogP contribution in [0, 0.1) is 0 Å². The molecular formula is C22H22N2O7. The van der Waals surface area contributed by atoms with Crippen LogP contribution in [0.25, 0.3) is 11.0 Å². The van der Waals surface area contributed by atoms with Gasteiger partial charge in [-0.1, -0.05) is 18.2 Å². The summed E-state index contributed by atoms with van der Waals surface area (Å²) in [6.45, 7) is 1.80. The van der Waals surface area contributed by atoms with Crippen molar-refractivity contribution in [2.75, 3.05) is 25.6 Å². The predicted molar refractivity (Wildman–Crippen MR) is 112 cm³/mol. The molecule has 3 aromatic rings. The van der Waals surface area contributed by atoms with Crippen molar-refractivity contribution >= 4 is 34.6 Å². The van der Waals surface area contributed by atoms with Gasteiger partial charge in [0.25, 0.3) is 5.91 Å². The first-order valence-electron chi connectivity index (χ1n) is 9.52. The van der Waals surface area contributed by atoms with Crippen molar-refractivity contribution in [1.29, 1.82) is 0 Å². The first-order chi connectivity index (χ1) is 15.0. The molecule has 0 saturated heterocycles. The Kier molecular flexibility index (Phi) is 7.23. The first-order valence-corrected chi connectivity index (χ1v) is 9.52. The SMILES string of the molecule is CCOCc1c(C(=O)OCC(=O)NC(=O)Nc2ccc(OC)cc2)oc2ccccc12. The summed E-state index contributed by atoms with van der Waals surface area (Å²) in [6, 6.07) is 12.9. The number of carbonyl (C=O) groups excluding carboxylic acids is 3. The molecule has 2 aromatic carbocycles. The number of nitrogens with one attached hydrogen (secondary N) is 2. The lowest BCUT2D eigenvalue weighted by molar-refractivity contribution is -0.123. The van der Waals surface area contributed by atoms with Crippen LogP contribution in [-0.2, 0) is 20.9 Å². The molecule has 31 heavy (non-hydrogen) atoms. The fourth-order valence-electron chi connectivity index (χ4n) is 2.81. The number of esters is 1. The van der Waals surface area contributed by atoms with E-state index in [0.717, 1.165) is 5.39 Å². The maximum Gasteiger partial charge on any atom is 0.375 e. The van der Waals surface area contributed by atoms with Gasteiger partial charge in [0.1, 0.15) is 11.3 Å². The number of imide groups is 1. The minimum Gasteiger partial charge on any atom is -0.497 e. The van der Waals surface area contributed by atoms with Crippen molar-refractivity contribution in [3.8, 4) is 5.75 Å². The summed E-state index contributed by atoms with van der Waals surface area (Å²) in [7, 11) is 1.53. The molecule has 1 aromatic heterocycles. The molecule has 0 aliphatic heterocycles. The second-order valence-corrected chi connectivity index (χ2v) is 6.35. The molecule has 9 heteroatoms. The summed E-state index contributed by atoms with van der Waals surface area (Å²) >= 11 is 0. The highest BCUT2D eigenvalue weighted by molar-refractivity contribution is 6.02. The highest BCUT2D eigenvalue weighted by Gasteiger charge is 2.23. The van der Waals surface area contributed by atoms with Crippen molar-refractivity contribution in [3.05, 3.63) is 59.9 Å². The fourth-order valence-corrected chi connectivity index (χ4v) is 2.81. The maximum absolute atomic E-state index is 12.5. The number of ether oxygens (including phenoxy) is 3. The first kappa shape index (κ1) is 21.8. The van der Waals surface area contributed by atoms with E-state index in [0.29, 0.717) is 29.2 Å². The number of benzene rings is 2. The zero-order valence-electron chi connectivity index (χ0n) is 17.1. The molecule has 0 fully saturated rings.